The number of nitrogens with one attached hydrogen (secondary N) is 1. The zero-order chi connectivity index (χ0) is 21.7. The highest BCUT2D eigenvalue weighted by molar-refractivity contribution is 6.04. The Labute approximate surface area is 171 Å². The van der Waals surface area contributed by atoms with E-state index >= 15 is 0 Å². The molecule has 1 saturated heterocycles. The summed E-state index contributed by atoms with van der Waals surface area (Å²) in [7, 11) is 0. The topological polar surface area (TPSA) is 71.5 Å². The summed E-state index contributed by atoms with van der Waals surface area (Å²) in [6, 6.07) is 8.51. The van der Waals surface area contributed by atoms with Gasteiger partial charge in [-0.25, -0.2) is 0 Å². The number of alkyl halides is 3. The number of benzene rings is 1. The fraction of sp³-hybridized carbons (Fsp3) is 0.286. The molecule has 0 bridgehead atoms. The van der Waals surface area contributed by atoms with E-state index in [1.165, 1.54) is 6.08 Å². The first kappa shape index (κ1) is 21.4. The number of nitrogens with zero attached hydrogens (tertiary/aromatic N) is 2. The lowest BCUT2D eigenvalue weighted by Gasteiger charge is -2.31. The number of aromatic nitrogens is 1. The third-order valence-electron chi connectivity index (χ3n) is 4.66. The van der Waals surface area contributed by atoms with Gasteiger partial charge in [-0.05, 0) is 42.5 Å². The fourth-order valence-electron chi connectivity index (χ4n) is 3.03. The predicted octanol–water partition coefficient (Wildman–Crippen LogP) is 3.91. The van der Waals surface area contributed by atoms with Crippen molar-refractivity contribution in [3.63, 3.8) is 0 Å². The highest BCUT2D eigenvalue weighted by atomic mass is 19.4. The Hall–Kier alpha value is -3.36. The normalized spacial score (nSPS) is 14.8. The lowest BCUT2D eigenvalue weighted by atomic mass is 10.1. The summed E-state index contributed by atoms with van der Waals surface area (Å²) in [6.45, 7) is 4.69. The monoisotopic (exact) mass is 419 g/mol. The molecule has 158 valence electrons. The number of carbonyl (C=O) groups excluding carboxylic acids is 2. The Kier molecular flexibility index (Phi) is 6.39. The third-order valence-corrected chi connectivity index (χ3v) is 4.66. The van der Waals surface area contributed by atoms with Crippen molar-refractivity contribution in [3.05, 3.63) is 66.5 Å². The molecule has 2 heterocycles. The number of carbonyl (C=O) groups is 2. The molecule has 0 spiro atoms. The van der Waals surface area contributed by atoms with Gasteiger partial charge >= 0.3 is 6.18 Å². The Morgan fingerprint density at radius 1 is 1.13 bits per heavy atom. The molecule has 3 rings (SSSR count). The van der Waals surface area contributed by atoms with Crippen LogP contribution >= 0.6 is 0 Å². The van der Waals surface area contributed by atoms with E-state index in [2.05, 4.69) is 16.9 Å². The van der Waals surface area contributed by atoms with Crippen LogP contribution in [-0.2, 0) is 11.0 Å². The summed E-state index contributed by atoms with van der Waals surface area (Å²) in [6.07, 6.45) is -0.966. The van der Waals surface area contributed by atoms with Crippen molar-refractivity contribution < 1.29 is 27.5 Å². The van der Waals surface area contributed by atoms with Crippen LogP contribution in [0.5, 0.6) is 5.75 Å². The Morgan fingerprint density at radius 2 is 1.80 bits per heavy atom. The van der Waals surface area contributed by atoms with Gasteiger partial charge in [0.2, 0.25) is 5.91 Å². The van der Waals surface area contributed by atoms with Crippen LogP contribution in [0.1, 0.15) is 28.9 Å². The van der Waals surface area contributed by atoms with Gasteiger partial charge in [0.15, 0.2) is 0 Å². The molecule has 0 atom stereocenters. The number of amides is 2. The Bertz CT molecular complexity index is 904. The molecule has 6 nitrogen and oxygen atoms in total. The zero-order valence-corrected chi connectivity index (χ0v) is 16.0. The molecule has 1 fully saturated rings. The molecule has 0 aliphatic carbocycles. The van der Waals surface area contributed by atoms with E-state index in [4.69, 9.17) is 4.74 Å². The quantitative estimate of drug-likeness (QED) is 0.746. The van der Waals surface area contributed by atoms with E-state index in [-0.39, 0.29) is 17.6 Å². The van der Waals surface area contributed by atoms with Crippen molar-refractivity contribution in [3.8, 4) is 5.75 Å². The molecule has 2 amide bonds. The predicted molar refractivity (Wildman–Crippen MR) is 104 cm³/mol. The number of likely N-dealkylation sites (tertiary alicyclic amines) is 1. The van der Waals surface area contributed by atoms with Crippen molar-refractivity contribution in [2.45, 2.75) is 25.1 Å². The summed E-state index contributed by atoms with van der Waals surface area (Å²) >= 11 is 0. The molecule has 2 aromatic rings. The summed E-state index contributed by atoms with van der Waals surface area (Å²) in [4.78, 5) is 28.8. The molecular formula is C21H20F3N3O3. The maximum absolute atomic E-state index is 12.5. The largest absolute Gasteiger partial charge is 0.490 e. The van der Waals surface area contributed by atoms with Crippen molar-refractivity contribution in [1.82, 2.24) is 9.88 Å². The maximum Gasteiger partial charge on any atom is 0.433 e. The minimum atomic E-state index is -4.55. The summed E-state index contributed by atoms with van der Waals surface area (Å²) < 4.78 is 43.6. The van der Waals surface area contributed by atoms with E-state index in [0.717, 1.165) is 18.3 Å². The van der Waals surface area contributed by atoms with Crippen LogP contribution in [0.15, 0.2) is 55.3 Å². The van der Waals surface area contributed by atoms with Crippen molar-refractivity contribution in [2.24, 2.45) is 0 Å². The second kappa shape index (κ2) is 8.98. The number of anilines is 1. The third kappa shape index (κ3) is 5.37. The number of ether oxygens (including phenoxy) is 1. The van der Waals surface area contributed by atoms with E-state index in [0.29, 0.717) is 37.4 Å². The van der Waals surface area contributed by atoms with Gasteiger partial charge in [-0.15, -0.1) is 0 Å². The fourth-order valence-corrected chi connectivity index (χ4v) is 3.03. The number of piperidine rings is 1. The summed E-state index contributed by atoms with van der Waals surface area (Å²) in [5, 5.41) is 2.60. The molecule has 1 aromatic carbocycles. The molecule has 30 heavy (non-hydrogen) atoms. The van der Waals surface area contributed by atoms with E-state index in [1.807, 2.05) is 0 Å². The van der Waals surface area contributed by atoms with Crippen LogP contribution in [0.4, 0.5) is 18.9 Å². The standard InChI is InChI=1S/C21H20F3N3O3/c1-2-19(28)27-11-9-17(10-12-27)30-16-6-4-15(5-7-16)26-20(29)14-3-8-18(25-13-14)21(22,23)24/h2-8,13,17H,1,9-12H2,(H,26,29). The van der Waals surface area contributed by atoms with Gasteiger partial charge in [0, 0.05) is 37.8 Å². The van der Waals surface area contributed by atoms with Crippen molar-refractivity contribution in [2.75, 3.05) is 18.4 Å². The second-order valence-electron chi connectivity index (χ2n) is 6.75. The Balaban J connectivity index is 1.53. The van der Waals surface area contributed by atoms with E-state index in [1.54, 1.807) is 29.2 Å². The molecule has 0 unspecified atom stereocenters. The lowest BCUT2D eigenvalue weighted by molar-refractivity contribution is -0.141. The van der Waals surface area contributed by atoms with Gasteiger partial charge in [0.25, 0.3) is 5.91 Å². The van der Waals surface area contributed by atoms with Crippen LogP contribution in [0.25, 0.3) is 0 Å². The van der Waals surface area contributed by atoms with E-state index in [9.17, 15) is 22.8 Å². The highest BCUT2D eigenvalue weighted by Gasteiger charge is 2.32. The number of hydrogen-bond acceptors (Lipinski definition) is 4. The van der Waals surface area contributed by atoms with Crippen LogP contribution in [0, 0.1) is 0 Å². The van der Waals surface area contributed by atoms with Crippen molar-refractivity contribution >= 4 is 17.5 Å². The first-order chi connectivity index (χ1) is 14.3. The number of pyridine rings is 1. The Morgan fingerprint density at radius 3 is 2.33 bits per heavy atom. The molecular weight excluding hydrogens is 399 g/mol. The lowest BCUT2D eigenvalue weighted by Crippen LogP contribution is -2.41. The first-order valence-corrected chi connectivity index (χ1v) is 9.29. The molecule has 0 saturated carbocycles. The maximum atomic E-state index is 12.5. The van der Waals surface area contributed by atoms with Gasteiger partial charge in [-0.3, -0.25) is 14.6 Å². The highest BCUT2D eigenvalue weighted by Crippen LogP contribution is 2.27. The van der Waals surface area contributed by atoms with Crippen LogP contribution in [0.2, 0.25) is 0 Å². The van der Waals surface area contributed by atoms with Gasteiger partial charge < -0.3 is 15.0 Å². The molecule has 0 radical (unpaired) electrons. The first-order valence-electron chi connectivity index (χ1n) is 9.29. The minimum Gasteiger partial charge on any atom is -0.490 e. The average Bonchev–Trinajstić information content (AvgIpc) is 2.74. The van der Waals surface area contributed by atoms with Gasteiger partial charge in [-0.2, -0.15) is 13.2 Å². The summed E-state index contributed by atoms with van der Waals surface area (Å²) in [5.41, 5.74) is -0.567. The van der Waals surface area contributed by atoms with Crippen LogP contribution in [0.3, 0.4) is 0 Å². The molecule has 1 aliphatic rings. The zero-order valence-electron chi connectivity index (χ0n) is 16.0. The SMILES string of the molecule is C=CC(=O)N1CCC(Oc2ccc(NC(=O)c3ccc(C(F)(F)F)nc3)cc2)CC1. The molecule has 1 N–H and O–H groups in total. The van der Waals surface area contributed by atoms with E-state index < -0.39 is 17.8 Å². The molecule has 1 aliphatic heterocycles. The number of hydrogen-bond donors (Lipinski definition) is 1. The minimum absolute atomic E-state index is 0.0162. The molecule has 9 heteroatoms. The number of halogens is 3. The van der Waals surface area contributed by atoms with Gasteiger partial charge in [0.05, 0.1) is 5.56 Å². The van der Waals surface area contributed by atoms with Crippen LogP contribution in [-0.4, -0.2) is 40.9 Å². The second-order valence-corrected chi connectivity index (χ2v) is 6.75. The molecule has 1 aromatic heterocycles. The van der Waals surface area contributed by atoms with Gasteiger partial charge in [-0.1, -0.05) is 6.58 Å². The smallest absolute Gasteiger partial charge is 0.433 e. The average molecular weight is 419 g/mol. The summed E-state index contributed by atoms with van der Waals surface area (Å²) in [5.74, 6) is -0.0290. The van der Waals surface area contributed by atoms with Gasteiger partial charge in [0.1, 0.15) is 17.5 Å². The number of rotatable bonds is 5. The van der Waals surface area contributed by atoms with Crippen LogP contribution < -0.4 is 10.1 Å². The van der Waals surface area contributed by atoms with Crippen molar-refractivity contribution in [1.29, 1.82) is 0 Å².